The second-order valence-electron chi connectivity index (χ2n) is 3.96. The van der Waals surface area contributed by atoms with Gasteiger partial charge in [-0.05, 0) is 12.1 Å². The number of rotatable bonds is 2. The van der Waals surface area contributed by atoms with E-state index in [9.17, 15) is 22.8 Å². The summed E-state index contributed by atoms with van der Waals surface area (Å²) in [4.78, 5) is 22.6. The lowest BCUT2D eigenvalue weighted by molar-refractivity contribution is -0.140. The monoisotopic (exact) mass is 258 g/mol. The zero-order valence-corrected chi connectivity index (χ0v) is 9.16. The molecule has 1 aliphatic heterocycles. The molecule has 0 N–H and O–H groups in total. The second kappa shape index (κ2) is 4.44. The molecule has 6 heteroatoms. The van der Waals surface area contributed by atoms with E-state index in [0.717, 1.165) is 24.3 Å². The van der Waals surface area contributed by atoms with Gasteiger partial charge in [0.2, 0.25) is 5.78 Å². The average Bonchev–Trinajstić information content (AvgIpc) is 2.74. The molecule has 18 heavy (non-hydrogen) atoms. The number of alkyl halides is 3. The number of carbonyl (C=O) groups excluding carboxylic acids is 2. The molecule has 0 radical (unpaired) electrons. The largest absolute Gasteiger partial charge is 0.454 e. The first kappa shape index (κ1) is 12.6. The van der Waals surface area contributed by atoms with Crippen LogP contribution in [0.4, 0.5) is 13.2 Å². The Morgan fingerprint density at radius 1 is 1.22 bits per heavy atom. The number of halogens is 3. The van der Waals surface area contributed by atoms with Crippen LogP contribution in [0.3, 0.4) is 0 Å². The highest BCUT2D eigenvalue weighted by atomic mass is 19.4. The highest BCUT2D eigenvalue weighted by molar-refractivity contribution is 6.01. The number of hydrogen-bond acceptors (Lipinski definition) is 3. The van der Waals surface area contributed by atoms with Crippen molar-refractivity contribution < 1.29 is 27.5 Å². The van der Waals surface area contributed by atoms with Crippen molar-refractivity contribution in [3.63, 3.8) is 0 Å². The summed E-state index contributed by atoms with van der Waals surface area (Å²) in [7, 11) is 0. The maximum Gasteiger partial charge on any atom is 0.416 e. The molecule has 1 heterocycles. The minimum absolute atomic E-state index is 0.114. The van der Waals surface area contributed by atoms with Crippen molar-refractivity contribution in [2.24, 2.45) is 0 Å². The van der Waals surface area contributed by atoms with Gasteiger partial charge in [-0.15, -0.1) is 0 Å². The van der Waals surface area contributed by atoms with Crippen molar-refractivity contribution in [1.29, 1.82) is 0 Å². The fourth-order valence-corrected chi connectivity index (χ4v) is 1.72. The van der Waals surface area contributed by atoms with Crippen molar-refractivity contribution in [1.82, 2.24) is 0 Å². The van der Waals surface area contributed by atoms with Gasteiger partial charge in [-0.3, -0.25) is 9.59 Å². The van der Waals surface area contributed by atoms with E-state index in [4.69, 9.17) is 4.74 Å². The zero-order chi connectivity index (χ0) is 13.3. The zero-order valence-electron chi connectivity index (χ0n) is 9.16. The maximum absolute atomic E-state index is 12.3. The van der Waals surface area contributed by atoms with E-state index in [1.54, 1.807) is 0 Å². The van der Waals surface area contributed by atoms with Gasteiger partial charge in [0, 0.05) is 18.4 Å². The lowest BCUT2D eigenvalue weighted by atomic mass is 10.0. The molecule has 1 fully saturated rings. The summed E-state index contributed by atoms with van der Waals surface area (Å²) in [5, 5.41) is 0. The summed E-state index contributed by atoms with van der Waals surface area (Å²) in [6.45, 7) is 0. The molecule has 96 valence electrons. The van der Waals surface area contributed by atoms with E-state index in [1.165, 1.54) is 0 Å². The van der Waals surface area contributed by atoms with E-state index in [1.807, 2.05) is 0 Å². The van der Waals surface area contributed by atoms with Gasteiger partial charge in [0.05, 0.1) is 5.56 Å². The minimum atomic E-state index is -4.43. The molecule has 0 spiro atoms. The number of ether oxygens (including phenoxy) is 1. The Bertz CT molecular complexity index is 476. The number of esters is 1. The Morgan fingerprint density at radius 3 is 2.28 bits per heavy atom. The van der Waals surface area contributed by atoms with E-state index in [2.05, 4.69) is 0 Å². The molecule has 3 nitrogen and oxygen atoms in total. The smallest absolute Gasteiger partial charge is 0.416 e. The lowest BCUT2D eigenvalue weighted by Gasteiger charge is -2.10. The molecule has 0 bridgehead atoms. The molecular formula is C12H9F3O3. The van der Waals surface area contributed by atoms with Gasteiger partial charge < -0.3 is 4.74 Å². The molecule has 0 aromatic heterocycles. The third-order valence-corrected chi connectivity index (χ3v) is 2.67. The maximum atomic E-state index is 12.3. The molecule has 1 aromatic rings. The lowest BCUT2D eigenvalue weighted by Crippen LogP contribution is -2.20. The summed E-state index contributed by atoms with van der Waals surface area (Å²) in [5.74, 6) is -0.921. The quantitative estimate of drug-likeness (QED) is 0.605. The van der Waals surface area contributed by atoms with Gasteiger partial charge >= 0.3 is 12.1 Å². The molecular weight excluding hydrogens is 249 g/mol. The van der Waals surface area contributed by atoms with Crippen molar-refractivity contribution in [3.8, 4) is 0 Å². The predicted molar refractivity (Wildman–Crippen MR) is 54.9 cm³/mol. The van der Waals surface area contributed by atoms with Crippen LogP contribution >= 0.6 is 0 Å². The van der Waals surface area contributed by atoms with Crippen LogP contribution in [-0.2, 0) is 15.7 Å². The first-order chi connectivity index (χ1) is 8.38. The van der Waals surface area contributed by atoms with E-state index < -0.39 is 29.6 Å². The summed E-state index contributed by atoms with van der Waals surface area (Å²) >= 11 is 0. The first-order valence-corrected chi connectivity index (χ1v) is 5.29. The molecule has 1 aromatic carbocycles. The fraction of sp³-hybridized carbons (Fsp3) is 0.333. The number of cyclic esters (lactones) is 1. The van der Waals surface area contributed by atoms with Crippen LogP contribution in [0.15, 0.2) is 24.3 Å². The number of carbonyl (C=O) groups is 2. The van der Waals surface area contributed by atoms with Gasteiger partial charge in [-0.1, -0.05) is 12.1 Å². The van der Waals surface area contributed by atoms with Crippen molar-refractivity contribution in [3.05, 3.63) is 35.4 Å². The van der Waals surface area contributed by atoms with Crippen LogP contribution in [0.25, 0.3) is 0 Å². The Hall–Kier alpha value is -1.85. The number of hydrogen-bond donors (Lipinski definition) is 0. The Morgan fingerprint density at radius 2 is 1.83 bits per heavy atom. The SMILES string of the molecule is O=C1CCC(C(=O)c2ccc(C(F)(F)F)cc2)O1. The highest BCUT2D eigenvalue weighted by Gasteiger charge is 2.32. The normalized spacial score (nSPS) is 19.7. The molecule has 1 unspecified atom stereocenters. The Labute approximate surface area is 101 Å². The molecule has 0 saturated carbocycles. The minimum Gasteiger partial charge on any atom is -0.454 e. The van der Waals surface area contributed by atoms with E-state index in [-0.39, 0.29) is 18.4 Å². The van der Waals surface area contributed by atoms with Gasteiger partial charge in [0.25, 0.3) is 0 Å². The molecule has 0 aliphatic carbocycles. The number of ketones is 1. The molecule has 0 amide bonds. The Kier molecular flexibility index (Phi) is 3.11. The summed E-state index contributed by atoms with van der Waals surface area (Å²) in [6.07, 6.45) is -4.86. The van der Waals surface area contributed by atoms with Crippen LogP contribution < -0.4 is 0 Å². The topological polar surface area (TPSA) is 43.4 Å². The Balaban J connectivity index is 2.15. The third-order valence-electron chi connectivity index (χ3n) is 2.67. The first-order valence-electron chi connectivity index (χ1n) is 5.29. The summed E-state index contributed by atoms with van der Waals surface area (Å²) < 4.78 is 41.7. The van der Waals surface area contributed by atoms with Gasteiger partial charge in [-0.25, -0.2) is 0 Å². The molecule has 1 aliphatic rings. The molecule has 1 atom stereocenters. The van der Waals surface area contributed by atoms with Crippen LogP contribution in [0, 0.1) is 0 Å². The van der Waals surface area contributed by atoms with Crippen LogP contribution in [0.2, 0.25) is 0 Å². The summed E-state index contributed by atoms with van der Waals surface area (Å²) in [6, 6.07) is 3.86. The standard InChI is InChI=1S/C12H9F3O3/c13-12(14,15)8-3-1-7(2-4-8)11(17)9-5-6-10(16)18-9/h1-4,9H,5-6H2. The fourth-order valence-electron chi connectivity index (χ4n) is 1.72. The van der Waals surface area contributed by atoms with Crippen LogP contribution in [0.5, 0.6) is 0 Å². The van der Waals surface area contributed by atoms with Gasteiger partial charge in [-0.2, -0.15) is 13.2 Å². The number of benzene rings is 1. The molecule has 2 rings (SSSR count). The third kappa shape index (κ3) is 2.52. The summed E-state index contributed by atoms with van der Waals surface area (Å²) in [5.41, 5.74) is -0.704. The van der Waals surface area contributed by atoms with E-state index in [0.29, 0.717) is 0 Å². The second-order valence-corrected chi connectivity index (χ2v) is 3.96. The van der Waals surface area contributed by atoms with Crippen molar-refractivity contribution in [2.45, 2.75) is 25.1 Å². The highest BCUT2D eigenvalue weighted by Crippen LogP contribution is 2.29. The average molecular weight is 258 g/mol. The van der Waals surface area contributed by atoms with Crippen molar-refractivity contribution in [2.75, 3.05) is 0 Å². The predicted octanol–water partition coefficient (Wildman–Crippen LogP) is 2.59. The molecule has 1 saturated heterocycles. The van der Waals surface area contributed by atoms with E-state index >= 15 is 0 Å². The van der Waals surface area contributed by atoms with Crippen LogP contribution in [0.1, 0.15) is 28.8 Å². The van der Waals surface area contributed by atoms with Crippen molar-refractivity contribution >= 4 is 11.8 Å². The number of Topliss-reactive ketones (excluding diaryl/α,β-unsaturated/α-hetero) is 1. The van der Waals surface area contributed by atoms with Gasteiger partial charge in [0.15, 0.2) is 6.10 Å². The van der Waals surface area contributed by atoms with Crippen LogP contribution in [-0.4, -0.2) is 17.9 Å². The van der Waals surface area contributed by atoms with Gasteiger partial charge in [0.1, 0.15) is 0 Å².